The van der Waals surface area contributed by atoms with Crippen LogP contribution in [0.5, 0.6) is 5.75 Å². The summed E-state index contributed by atoms with van der Waals surface area (Å²) in [5.74, 6) is 0.596. The Kier molecular flexibility index (Phi) is 5.26. The lowest BCUT2D eigenvalue weighted by molar-refractivity contribution is -0.116. The maximum Gasteiger partial charge on any atom is 0.248 e. The third-order valence-electron chi connectivity index (χ3n) is 5.10. The predicted molar refractivity (Wildman–Crippen MR) is 119 cm³/mol. The third-order valence-corrected chi connectivity index (χ3v) is 5.33. The first-order valence-corrected chi connectivity index (χ1v) is 9.69. The summed E-state index contributed by atoms with van der Waals surface area (Å²) in [7, 11) is 3.36. The molecule has 0 aliphatic carbocycles. The van der Waals surface area contributed by atoms with Gasteiger partial charge in [-0.2, -0.15) is 5.26 Å². The minimum Gasteiger partial charge on any atom is -0.496 e. The summed E-state index contributed by atoms with van der Waals surface area (Å²) in [4.78, 5) is 18.7. The maximum absolute atomic E-state index is 12.5. The predicted octanol–water partition coefficient (Wildman–Crippen LogP) is 4.70. The van der Waals surface area contributed by atoms with Gasteiger partial charge in [-0.1, -0.05) is 29.8 Å². The summed E-state index contributed by atoms with van der Waals surface area (Å²) in [6, 6.07) is 20.7. The van der Waals surface area contributed by atoms with Gasteiger partial charge in [0.05, 0.1) is 30.1 Å². The van der Waals surface area contributed by atoms with Crippen LogP contribution < -0.4 is 9.64 Å². The first kappa shape index (κ1) is 19.7. The number of methoxy groups -OCH3 is 1. The van der Waals surface area contributed by atoms with Gasteiger partial charge in [0.1, 0.15) is 12.3 Å². The van der Waals surface area contributed by atoms with E-state index in [1.165, 1.54) is 0 Å². The number of rotatable bonds is 3. The van der Waals surface area contributed by atoms with Crippen LogP contribution in [0, 0.1) is 11.3 Å². The van der Waals surface area contributed by atoms with Crippen molar-refractivity contribution in [3.05, 3.63) is 82.4 Å². The number of hydrogen-bond acceptors (Lipinski definition) is 4. The van der Waals surface area contributed by atoms with E-state index in [9.17, 15) is 10.1 Å². The van der Waals surface area contributed by atoms with E-state index in [2.05, 4.69) is 11.1 Å². The van der Waals surface area contributed by atoms with Gasteiger partial charge in [0.15, 0.2) is 0 Å². The van der Waals surface area contributed by atoms with Crippen molar-refractivity contribution in [1.29, 1.82) is 5.26 Å². The zero-order valence-electron chi connectivity index (χ0n) is 16.5. The lowest BCUT2D eigenvalue weighted by Gasteiger charge is -2.19. The van der Waals surface area contributed by atoms with Crippen molar-refractivity contribution in [2.24, 2.45) is 4.99 Å². The highest BCUT2D eigenvalue weighted by atomic mass is 35.5. The second kappa shape index (κ2) is 8.02. The molecule has 0 saturated heterocycles. The van der Waals surface area contributed by atoms with E-state index >= 15 is 0 Å². The Morgan fingerprint density at radius 2 is 1.90 bits per heavy atom. The van der Waals surface area contributed by atoms with Crippen LogP contribution in [-0.4, -0.2) is 32.3 Å². The molecule has 3 aromatic carbocycles. The molecule has 5 nitrogen and oxygen atoms in total. The molecule has 1 aliphatic heterocycles. The molecule has 0 aromatic heterocycles. The Balaban J connectivity index is 1.94. The molecule has 0 bridgehead atoms. The van der Waals surface area contributed by atoms with Crippen LogP contribution in [0.25, 0.3) is 11.1 Å². The van der Waals surface area contributed by atoms with Crippen LogP contribution in [0.1, 0.15) is 16.7 Å². The van der Waals surface area contributed by atoms with Crippen molar-refractivity contribution in [3.8, 4) is 22.9 Å². The number of carbonyl (C=O) groups is 1. The second-order valence-corrected chi connectivity index (χ2v) is 7.32. The lowest BCUT2D eigenvalue weighted by atomic mass is 9.94. The molecule has 0 unspecified atom stereocenters. The van der Waals surface area contributed by atoms with E-state index in [1.807, 2.05) is 42.5 Å². The van der Waals surface area contributed by atoms with Gasteiger partial charge in [-0.25, -0.2) is 0 Å². The van der Waals surface area contributed by atoms with Crippen molar-refractivity contribution < 1.29 is 9.53 Å². The van der Waals surface area contributed by atoms with E-state index in [4.69, 9.17) is 16.3 Å². The smallest absolute Gasteiger partial charge is 0.248 e. The molecular weight excluding hydrogens is 398 g/mol. The first-order valence-electron chi connectivity index (χ1n) is 9.31. The molecule has 1 heterocycles. The number of hydrogen-bond donors (Lipinski definition) is 0. The van der Waals surface area contributed by atoms with Crippen LogP contribution >= 0.6 is 11.6 Å². The average molecular weight is 416 g/mol. The molecular formula is C24H18ClN3O2. The van der Waals surface area contributed by atoms with E-state index in [0.29, 0.717) is 22.0 Å². The Labute approximate surface area is 179 Å². The number of carbonyl (C=O) groups excluding carboxylic acids is 1. The van der Waals surface area contributed by atoms with Crippen molar-refractivity contribution in [2.45, 2.75) is 0 Å². The molecule has 3 aromatic rings. The van der Waals surface area contributed by atoms with Gasteiger partial charge in [-0.05, 0) is 48.0 Å². The zero-order chi connectivity index (χ0) is 21.3. The highest BCUT2D eigenvalue weighted by Gasteiger charge is 2.23. The largest absolute Gasteiger partial charge is 0.496 e. The number of anilines is 1. The van der Waals surface area contributed by atoms with Gasteiger partial charge in [0, 0.05) is 28.8 Å². The number of fused-ring (bicyclic) bond motifs is 1. The molecule has 0 N–H and O–H groups in total. The fourth-order valence-electron chi connectivity index (χ4n) is 3.55. The molecule has 1 amide bonds. The molecule has 148 valence electrons. The summed E-state index contributed by atoms with van der Waals surface area (Å²) in [6.07, 6.45) is 0. The summed E-state index contributed by atoms with van der Waals surface area (Å²) < 4.78 is 5.51. The number of ether oxygens (including phenoxy) is 1. The van der Waals surface area contributed by atoms with Gasteiger partial charge >= 0.3 is 0 Å². The number of nitriles is 1. The fourth-order valence-corrected chi connectivity index (χ4v) is 3.72. The van der Waals surface area contributed by atoms with Crippen LogP contribution in [0.15, 0.2) is 65.7 Å². The van der Waals surface area contributed by atoms with Gasteiger partial charge in [-0.3, -0.25) is 9.79 Å². The van der Waals surface area contributed by atoms with Crippen molar-refractivity contribution in [2.75, 3.05) is 25.6 Å². The molecule has 30 heavy (non-hydrogen) atoms. The van der Waals surface area contributed by atoms with Gasteiger partial charge in [-0.15, -0.1) is 0 Å². The van der Waals surface area contributed by atoms with Crippen LogP contribution in [0.2, 0.25) is 5.02 Å². The Morgan fingerprint density at radius 1 is 1.07 bits per heavy atom. The average Bonchev–Trinajstić information content (AvgIpc) is 2.90. The molecule has 4 rings (SSSR count). The third kappa shape index (κ3) is 3.54. The lowest BCUT2D eigenvalue weighted by Crippen LogP contribution is -2.27. The summed E-state index contributed by atoms with van der Waals surface area (Å²) in [5.41, 5.74) is 5.28. The Bertz CT molecular complexity index is 1230. The molecule has 0 spiro atoms. The van der Waals surface area contributed by atoms with E-state index in [-0.39, 0.29) is 12.5 Å². The van der Waals surface area contributed by atoms with Crippen molar-refractivity contribution in [3.63, 3.8) is 0 Å². The number of nitrogens with zero attached hydrogens (tertiary/aromatic N) is 3. The molecule has 0 atom stereocenters. The Morgan fingerprint density at radius 3 is 2.67 bits per heavy atom. The monoisotopic (exact) mass is 415 g/mol. The zero-order valence-corrected chi connectivity index (χ0v) is 17.3. The number of aliphatic imine (C=N–C) groups is 1. The normalized spacial score (nSPS) is 13.2. The topological polar surface area (TPSA) is 65.7 Å². The fraction of sp³-hybridized carbons (Fsp3) is 0.125. The summed E-state index contributed by atoms with van der Waals surface area (Å²) >= 11 is 6.23. The quantitative estimate of drug-likeness (QED) is 0.622. The molecule has 6 heteroatoms. The molecule has 0 saturated carbocycles. The number of benzene rings is 3. The van der Waals surface area contributed by atoms with E-state index in [0.717, 1.165) is 27.9 Å². The molecule has 1 aliphatic rings. The number of likely N-dealkylation sites (N-methyl/N-ethyl adjacent to an activating group) is 1. The summed E-state index contributed by atoms with van der Waals surface area (Å²) in [6.45, 7) is 0.0348. The van der Waals surface area contributed by atoms with Crippen LogP contribution in [0.4, 0.5) is 5.69 Å². The standard InChI is InChI=1S/C24H18ClN3O2/c1-28-21-8-6-16(19-12-18(25)7-9-22(19)30-2)11-20(21)24(27-14-23(28)29)17-5-3-4-15(10-17)13-26/h3-12H,14H2,1-2H3. The number of halogens is 1. The summed E-state index contributed by atoms with van der Waals surface area (Å²) in [5, 5.41) is 9.89. The van der Waals surface area contributed by atoms with Gasteiger partial charge in [0.25, 0.3) is 0 Å². The van der Waals surface area contributed by atoms with Crippen LogP contribution in [0.3, 0.4) is 0 Å². The van der Waals surface area contributed by atoms with Crippen molar-refractivity contribution >= 4 is 28.9 Å². The molecule has 0 radical (unpaired) electrons. The highest BCUT2D eigenvalue weighted by molar-refractivity contribution is 6.31. The van der Waals surface area contributed by atoms with E-state index in [1.54, 1.807) is 37.3 Å². The minimum absolute atomic E-state index is 0.0348. The SMILES string of the molecule is COc1ccc(Cl)cc1-c1ccc2c(c1)C(c1cccc(C#N)c1)=NCC(=O)N2C. The van der Waals surface area contributed by atoms with Crippen LogP contribution in [-0.2, 0) is 4.79 Å². The van der Waals surface area contributed by atoms with Crippen molar-refractivity contribution in [1.82, 2.24) is 0 Å². The molecule has 0 fully saturated rings. The highest BCUT2D eigenvalue weighted by Crippen LogP contribution is 2.36. The van der Waals surface area contributed by atoms with E-state index < -0.39 is 0 Å². The number of benzodiazepines with no additional fused rings is 1. The minimum atomic E-state index is -0.101. The van der Waals surface area contributed by atoms with Gasteiger partial charge < -0.3 is 9.64 Å². The van der Waals surface area contributed by atoms with Gasteiger partial charge in [0.2, 0.25) is 5.91 Å². The number of amides is 1. The Hall–Kier alpha value is -3.62. The first-order chi connectivity index (χ1) is 14.5. The maximum atomic E-state index is 12.5. The second-order valence-electron chi connectivity index (χ2n) is 6.89.